The summed E-state index contributed by atoms with van der Waals surface area (Å²) in [5, 5.41) is 18.4. The van der Waals surface area contributed by atoms with Crippen LogP contribution in [-0.2, 0) is 13.1 Å². The van der Waals surface area contributed by atoms with E-state index in [4.69, 9.17) is 0 Å². The monoisotopic (exact) mass is 292 g/mol. The van der Waals surface area contributed by atoms with Crippen molar-refractivity contribution in [3.63, 3.8) is 0 Å². The third-order valence-electron chi connectivity index (χ3n) is 3.06. The van der Waals surface area contributed by atoms with Crippen molar-refractivity contribution in [2.24, 2.45) is 0 Å². The molecule has 0 saturated heterocycles. The van der Waals surface area contributed by atoms with E-state index in [1.54, 1.807) is 23.7 Å². The Morgan fingerprint density at radius 2 is 2.24 bits per heavy atom. The van der Waals surface area contributed by atoms with Gasteiger partial charge in [0.25, 0.3) is 0 Å². The van der Waals surface area contributed by atoms with Gasteiger partial charge in [-0.3, -0.25) is 10.1 Å². The Morgan fingerprint density at radius 3 is 2.86 bits per heavy atom. The van der Waals surface area contributed by atoms with Gasteiger partial charge in [-0.15, -0.1) is 0 Å². The standard InChI is InChI=1S/C14H17FN4O2/c1-3-7-18-14(13(19(20)21)10(2)17-18)16-9-11-5-4-6-12(15)8-11/h4-6,8,16H,3,7,9H2,1-2H3. The van der Waals surface area contributed by atoms with E-state index in [1.165, 1.54) is 12.1 Å². The van der Waals surface area contributed by atoms with Crippen molar-refractivity contribution in [1.82, 2.24) is 9.78 Å². The summed E-state index contributed by atoms with van der Waals surface area (Å²) in [5.41, 5.74) is 1.06. The number of aryl methyl sites for hydroxylation is 2. The molecule has 1 aromatic carbocycles. The van der Waals surface area contributed by atoms with Gasteiger partial charge in [0, 0.05) is 13.1 Å². The molecule has 7 heteroatoms. The van der Waals surface area contributed by atoms with E-state index < -0.39 is 4.92 Å². The molecular formula is C14H17FN4O2. The molecule has 0 fully saturated rings. The highest BCUT2D eigenvalue weighted by Crippen LogP contribution is 2.28. The minimum atomic E-state index is -0.442. The van der Waals surface area contributed by atoms with Crippen LogP contribution in [0, 0.1) is 22.9 Å². The lowest BCUT2D eigenvalue weighted by molar-refractivity contribution is -0.384. The first-order chi connectivity index (χ1) is 10.0. The zero-order valence-electron chi connectivity index (χ0n) is 12.0. The predicted molar refractivity (Wildman–Crippen MR) is 77.6 cm³/mol. The third-order valence-corrected chi connectivity index (χ3v) is 3.06. The zero-order valence-corrected chi connectivity index (χ0v) is 12.0. The second-order valence-corrected chi connectivity index (χ2v) is 4.75. The molecule has 2 aromatic rings. The van der Waals surface area contributed by atoms with Crippen LogP contribution in [0.15, 0.2) is 24.3 Å². The maximum absolute atomic E-state index is 13.2. The SMILES string of the molecule is CCCn1nc(C)c([N+](=O)[O-])c1NCc1cccc(F)c1. The third kappa shape index (κ3) is 3.36. The van der Waals surface area contributed by atoms with Gasteiger partial charge in [-0.25, -0.2) is 9.07 Å². The zero-order chi connectivity index (χ0) is 15.4. The van der Waals surface area contributed by atoms with Gasteiger partial charge in [0.1, 0.15) is 11.5 Å². The summed E-state index contributed by atoms with van der Waals surface area (Å²) in [6, 6.07) is 6.12. The van der Waals surface area contributed by atoms with Gasteiger partial charge in [-0.2, -0.15) is 5.10 Å². The van der Waals surface area contributed by atoms with Gasteiger partial charge in [-0.05, 0) is 31.0 Å². The fourth-order valence-electron chi connectivity index (χ4n) is 2.17. The Bertz CT molecular complexity index is 654. The number of benzene rings is 1. The van der Waals surface area contributed by atoms with E-state index in [0.29, 0.717) is 30.2 Å². The summed E-state index contributed by atoms with van der Waals surface area (Å²) in [5.74, 6) is 0.0330. The van der Waals surface area contributed by atoms with Gasteiger partial charge >= 0.3 is 5.69 Å². The molecule has 0 amide bonds. The molecule has 112 valence electrons. The van der Waals surface area contributed by atoms with Crippen molar-refractivity contribution in [2.75, 3.05) is 5.32 Å². The van der Waals surface area contributed by atoms with Gasteiger partial charge in [0.05, 0.1) is 4.92 Å². The van der Waals surface area contributed by atoms with Crippen LogP contribution in [0.5, 0.6) is 0 Å². The Labute approximate surface area is 121 Å². The van der Waals surface area contributed by atoms with E-state index in [2.05, 4.69) is 10.4 Å². The number of nitro groups is 1. The topological polar surface area (TPSA) is 73.0 Å². The smallest absolute Gasteiger partial charge is 0.333 e. The van der Waals surface area contributed by atoms with Crippen LogP contribution in [-0.4, -0.2) is 14.7 Å². The Hall–Kier alpha value is -2.44. The molecular weight excluding hydrogens is 275 g/mol. The summed E-state index contributed by atoms with van der Waals surface area (Å²) in [6.45, 7) is 4.46. The molecule has 0 aliphatic heterocycles. The molecule has 1 heterocycles. The molecule has 6 nitrogen and oxygen atoms in total. The quantitative estimate of drug-likeness (QED) is 0.655. The highest BCUT2D eigenvalue weighted by Gasteiger charge is 2.24. The van der Waals surface area contributed by atoms with Crippen molar-refractivity contribution in [3.8, 4) is 0 Å². The maximum Gasteiger partial charge on any atom is 0.333 e. The maximum atomic E-state index is 13.2. The van der Waals surface area contributed by atoms with E-state index >= 15 is 0 Å². The number of nitrogens with one attached hydrogen (secondary N) is 1. The lowest BCUT2D eigenvalue weighted by Crippen LogP contribution is -2.09. The van der Waals surface area contributed by atoms with Crippen LogP contribution in [0.1, 0.15) is 24.6 Å². The van der Waals surface area contributed by atoms with Crippen LogP contribution >= 0.6 is 0 Å². The Morgan fingerprint density at radius 1 is 1.48 bits per heavy atom. The largest absolute Gasteiger partial charge is 0.360 e. The van der Waals surface area contributed by atoms with Gasteiger partial charge < -0.3 is 5.32 Å². The molecule has 0 unspecified atom stereocenters. The minimum Gasteiger partial charge on any atom is -0.360 e. The number of nitrogens with zero attached hydrogens (tertiary/aromatic N) is 3. The molecule has 0 aliphatic carbocycles. The van der Waals surface area contributed by atoms with Gasteiger partial charge in [-0.1, -0.05) is 19.1 Å². The number of halogens is 1. The van der Waals surface area contributed by atoms with Crippen LogP contribution < -0.4 is 5.32 Å². The van der Waals surface area contributed by atoms with Crippen LogP contribution in [0.25, 0.3) is 0 Å². The van der Waals surface area contributed by atoms with E-state index in [-0.39, 0.29) is 11.5 Å². The normalized spacial score (nSPS) is 10.6. The first-order valence-corrected chi connectivity index (χ1v) is 6.73. The lowest BCUT2D eigenvalue weighted by Gasteiger charge is -2.08. The van der Waals surface area contributed by atoms with Crippen molar-refractivity contribution in [3.05, 3.63) is 51.5 Å². The first kappa shape index (κ1) is 15.0. The van der Waals surface area contributed by atoms with Crippen molar-refractivity contribution < 1.29 is 9.31 Å². The van der Waals surface area contributed by atoms with Crippen LogP contribution in [0.2, 0.25) is 0 Å². The van der Waals surface area contributed by atoms with Crippen molar-refractivity contribution in [2.45, 2.75) is 33.4 Å². The molecule has 0 spiro atoms. The number of hydrogen-bond acceptors (Lipinski definition) is 4. The fraction of sp³-hybridized carbons (Fsp3) is 0.357. The molecule has 1 N–H and O–H groups in total. The molecule has 1 aromatic heterocycles. The number of rotatable bonds is 6. The second-order valence-electron chi connectivity index (χ2n) is 4.75. The predicted octanol–water partition coefficient (Wildman–Crippen LogP) is 3.26. The van der Waals surface area contributed by atoms with Crippen molar-refractivity contribution >= 4 is 11.5 Å². The summed E-state index contributed by atoms with van der Waals surface area (Å²) in [4.78, 5) is 10.7. The number of aromatic nitrogens is 2. The summed E-state index contributed by atoms with van der Waals surface area (Å²) >= 11 is 0. The second kappa shape index (κ2) is 6.34. The highest BCUT2D eigenvalue weighted by molar-refractivity contribution is 5.59. The number of hydrogen-bond donors (Lipinski definition) is 1. The fourth-order valence-corrected chi connectivity index (χ4v) is 2.17. The molecule has 0 bridgehead atoms. The molecule has 0 saturated carbocycles. The van der Waals surface area contributed by atoms with Crippen LogP contribution in [0.3, 0.4) is 0 Å². The highest BCUT2D eigenvalue weighted by atomic mass is 19.1. The first-order valence-electron chi connectivity index (χ1n) is 6.73. The van der Waals surface area contributed by atoms with E-state index in [9.17, 15) is 14.5 Å². The molecule has 0 atom stereocenters. The van der Waals surface area contributed by atoms with E-state index in [1.807, 2.05) is 6.92 Å². The van der Waals surface area contributed by atoms with Crippen molar-refractivity contribution in [1.29, 1.82) is 0 Å². The summed E-state index contributed by atoms with van der Waals surface area (Å²) in [7, 11) is 0. The Balaban J connectivity index is 2.27. The summed E-state index contributed by atoms with van der Waals surface area (Å²) < 4.78 is 14.7. The average Bonchev–Trinajstić information content (AvgIpc) is 2.73. The average molecular weight is 292 g/mol. The van der Waals surface area contributed by atoms with Crippen LogP contribution in [0.4, 0.5) is 15.9 Å². The molecule has 0 aliphatic rings. The van der Waals surface area contributed by atoms with E-state index in [0.717, 1.165) is 6.42 Å². The number of anilines is 1. The lowest BCUT2D eigenvalue weighted by atomic mass is 10.2. The molecule has 2 rings (SSSR count). The Kier molecular flexibility index (Phi) is 4.52. The summed E-state index contributed by atoms with van der Waals surface area (Å²) in [6.07, 6.45) is 0.812. The van der Waals surface area contributed by atoms with Gasteiger partial charge in [0.2, 0.25) is 5.82 Å². The van der Waals surface area contributed by atoms with Gasteiger partial charge in [0.15, 0.2) is 0 Å². The minimum absolute atomic E-state index is 0.0279. The molecule has 21 heavy (non-hydrogen) atoms. The molecule has 0 radical (unpaired) electrons.